The topological polar surface area (TPSA) is 83.8 Å². The van der Waals surface area contributed by atoms with Crippen LogP contribution in [0.3, 0.4) is 0 Å². The van der Waals surface area contributed by atoms with Crippen LogP contribution in [0.15, 0.2) is 59.7 Å². The highest BCUT2D eigenvalue weighted by Crippen LogP contribution is 2.42. The number of ether oxygens (including phenoxy) is 1. The Bertz CT molecular complexity index is 1030. The van der Waals surface area contributed by atoms with Crippen LogP contribution in [-0.2, 0) is 4.74 Å². The molecule has 0 saturated carbocycles. The first-order valence-electron chi connectivity index (χ1n) is 16.1. The highest BCUT2D eigenvalue weighted by atomic mass is 16.5. The second-order valence-corrected chi connectivity index (χ2v) is 12.0. The van der Waals surface area contributed by atoms with E-state index in [0.717, 1.165) is 12.1 Å². The normalized spacial score (nSPS) is 17.6. The van der Waals surface area contributed by atoms with Gasteiger partial charge in [0.25, 0.3) is 0 Å². The van der Waals surface area contributed by atoms with Crippen LogP contribution in [0.5, 0.6) is 0 Å². The molecule has 0 bridgehead atoms. The van der Waals surface area contributed by atoms with Gasteiger partial charge < -0.3 is 9.64 Å². The minimum Gasteiger partial charge on any atom is -0.488 e. The van der Waals surface area contributed by atoms with E-state index in [1.165, 1.54) is 103 Å². The predicted octanol–water partition coefficient (Wildman–Crippen LogP) is 9.94. The lowest BCUT2D eigenvalue weighted by Gasteiger charge is -2.25. The summed E-state index contributed by atoms with van der Waals surface area (Å²) >= 11 is 0. The van der Waals surface area contributed by atoms with Gasteiger partial charge in [0.1, 0.15) is 11.4 Å². The standard InChI is InChI=1S/C36H52N4O/c1-4-5-6-7-8-9-10-11-12-13-14-15-16-17-18-19-25-40-26-23-31(24-27-40)21-20-22-34-33(30-39)35(32(28-37)29-38)41-36(34,2)3/h20-24,26-27,32,34H,4-19,25H2,1-3H3/b22-20+. The van der Waals surface area contributed by atoms with Gasteiger partial charge in [-0.25, -0.2) is 0 Å². The zero-order valence-corrected chi connectivity index (χ0v) is 25.9. The molecule has 222 valence electrons. The molecule has 1 unspecified atom stereocenters. The van der Waals surface area contributed by atoms with Crippen LogP contribution in [0.2, 0.25) is 0 Å². The Morgan fingerprint density at radius 3 is 1.76 bits per heavy atom. The third-order valence-corrected chi connectivity index (χ3v) is 8.12. The molecule has 2 rings (SSSR count). The maximum absolute atomic E-state index is 9.68. The Morgan fingerprint density at radius 2 is 1.29 bits per heavy atom. The van der Waals surface area contributed by atoms with Gasteiger partial charge in [-0.3, -0.25) is 0 Å². The lowest BCUT2D eigenvalue weighted by Crippen LogP contribution is -2.28. The molecule has 0 aromatic carbocycles. The van der Waals surface area contributed by atoms with Crippen molar-refractivity contribution in [2.45, 2.75) is 129 Å². The van der Waals surface area contributed by atoms with E-state index in [1.807, 2.05) is 44.2 Å². The van der Waals surface area contributed by atoms with E-state index in [2.05, 4.69) is 42.4 Å². The minimum atomic E-state index is -1.06. The molecule has 0 aliphatic carbocycles. The van der Waals surface area contributed by atoms with E-state index in [4.69, 9.17) is 4.74 Å². The van der Waals surface area contributed by atoms with Crippen molar-refractivity contribution in [3.05, 3.63) is 59.7 Å². The lowest BCUT2D eigenvalue weighted by molar-refractivity contribution is 0.0341. The fraction of sp³-hybridized carbons (Fsp3) is 0.639. The highest BCUT2D eigenvalue weighted by molar-refractivity contribution is 5.43. The van der Waals surface area contributed by atoms with Crippen LogP contribution in [-0.4, -0.2) is 17.0 Å². The molecule has 0 amide bonds. The van der Waals surface area contributed by atoms with Crippen molar-refractivity contribution < 1.29 is 4.74 Å². The molecule has 0 fully saturated rings. The van der Waals surface area contributed by atoms with E-state index in [0.29, 0.717) is 5.57 Å². The molecule has 2 aliphatic heterocycles. The smallest absolute Gasteiger partial charge is 0.191 e. The second kappa shape index (κ2) is 19.8. The van der Waals surface area contributed by atoms with Crippen molar-refractivity contribution in [2.24, 2.45) is 11.8 Å². The number of allylic oxidation sites excluding steroid dienone is 6. The third kappa shape index (κ3) is 12.4. The summed E-state index contributed by atoms with van der Waals surface area (Å²) in [5.41, 5.74) is 0.747. The number of nitriles is 3. The zero-order valence-electron chi connectivity index (χ0n) is 25.9. The SMILES string of the molecule is CCCCCCCCCCCCCCCCCCN1C=CC(=C/C=C/C2C(C#N)=C(C(C#N)C#N)OC2(C)C)C=C1. The quantitative estimate of drug-likeness (QED) is 0.139. The first-order valence-corrected chi connectivity index (χ1v) is 16.1. The van der Waals surface area contributed by atoms with Gasteiger partial charge in [0, 0.05) is 18.9 Å². The first-order chi connectivity index (χ1) is 20.0. The van der Waals surface area contributed by atoms with Gasteiger partial charge in [-0.15, -0.1) is 0 Å². The van der Waals surface area contributed by atoms with E-state index >= 15 is 0 Å². The fourth-order valence-electron chi connectivity index (χ4n) is 5.57. The maximum Gasteiger partial charge on any atom is 0.191 e. The minimum absolute atomic E-state index is 0.187. The van der Waals surface area contributed by atoms with Gasteiger partial charge in [0.15, 0.2) is 5.92 Å². The van der Waals surface area contributed by atoms with Crippen molar-refractivity contribution in [3.8, 4) is 18.2 Å². The van der Waals surface area contributed by atoms with E-state index in [9.17, 15) is 15.8 Å². The Balaban J connectivity index is 1.58. The summed E-state index contributed by atoms with van der Waals surface area (Å²) in [6.45, 7) is 7.08. The molecular weight excluding hydrogens is 504 g/mol. The summed E-state index contributed by atoms with van der Waals surface area (Å²) in [7, 11) is 0. The molecule has 0 aromatic rings. The van der Waals surface area contributed by atoms with Crippen LogP contribution in [0, 0.1) is 45.8 Å². The summed E-state index contributed by atoms with van der Waals surface area (Å²) in [4.78, 5) is 2.24. The average molecular weight is 557 g/mol. The second-order valence-electron chi connectivity index (χ2n) is 12.0. The summed E-state index contributed by atoms with van der Waals surface area (Å²) in [5.74, 6) is -1.19. The van der Waals surface area contributed by atoms with Crippen molar-refractivity contribution >= 4 is 0 Å². The summed E-state index contributed by atoms with van der Waals surface area (Å²) in [5, 5.41) is 28.2. The maximum atomic E-state index is 9.68. The van der Waals surface area contributed by atoms with Gasteiger partial charge >= 0.3 is 0 Å². The van der Waals surface area contributed by atoms with Crippen LogP contribution in [0.1, 0.15) is 124 Å². The highest BCUT2D eigenvalue weighted by Gasteiger charge is 2.44. The van der Waals surface area contributed by atoms with E-state index < -0.39 is 11.5 Å². The predicted molar refractivity (Wildman–Crippen MR) is 168 cm³/mol. The fourth-order valence-corrected chi connectivity index (χ4v) is 5.57. The Kier molecular flexibility index (Phi) is 16.4. The summed E-state index contributed by atoms with van der Waals surface area (Å²) in [6, 6.07) is 6.00. The van der Waals surface area contributed by atoms with Crippen molar-refractivity contribution in [1.29, 1.82) is 15.8 Å². The number of hydrogen-bond donors (Lipinski definition) is 0. The molecule has 0 aromatic heterocycles. The summed E-state index contributed by atoms with van der Waals surface area (Å²) in [6.07, 6.45) is 36.5. The Hall–Kier alpha value is -3.23. The zero-order chi connectivity index (χ0) is 29.8. The molecule has 5 nitrogen and oxygen atoms in total. The molecule has 0 radical (unpaired) electrons. The van der Waals surface area contributed by atoms with Crippen LogP contribution in [0.4, 0.5) is 0 Å². The van der Waals surface area contributed by atoms with Crippen LogP contribution in [0.25, 0.3) is 0 Å². The van der Waals surface area contributed by atoms with Crippen molar-refractivity contribution in [1.82, 2.24) is 4.90 Å². The molecule has 5 heteroatoms. The number of nitrogens with zero attached hydrogens (tertiary/aromatic N) is 4. The molecular formula is C36H52N4O. The molecule has 41 heavy (non-hydrogen) atoms. The number of rotatable bonds is 20. The van der Waals surface area contributed by atoms with E-state index in [1.54, 1.807) is 0 Å². The van der Waals surface area contributed by atoms with Gasteiger partial charge in [0.05, 0.1) is 29.7 Å². The molecule has 0 N–H and O–H groups in total. The Labute approximate surface area is 250 Å². The van der Waals surface area contributed by atoms with Crippen molar-refractivity contribution in [3.63, 3.8) is 0 Å². The molecule has 2 heterocycles. The molecule has 0 spiro atoms. The van der Waals surface area contributed by atoms with Gasteiger partial charge in [-0.2, -0.15) is 15.8 Å². The monoisotopic (exact) mass is 556 g/mol. The molecule has 1 atom stereocenters. The third-order valence-electron chi connectivity index (χ3n) is 8.12. The number of unbranched alkanes of at least 4 members (excludes halogenated alkanes) is 15. The van der Waals surface area contributed by atoms with E-state index in [-0.39, 0.29) is 11.7 Å². The lowest BCUT2D eigenvalue weighted by atomic mass is 9.85. The van der Waals surface area contributed by atoms with Crippen LogP contribution >= 0.6 is 0 Å². The number of hydrogen-bond acceptors (Lipinski definition) is 5. The molecule has 0 saturated heterocycles. The summed E-state index contributed by atoms with van der Waals surface area (Å²) < 4.78 is 5.88. The molecule has 2 aliphatic rings. The van der Waals surface area contributed by atoms with Crippen molar-refractivity contribution in [2.75, 3.05) is 6.54 Å². The van der Waals surface area contributed by atoms with Gasteiger partial charge in [-0.1, -0.05) is 121 Å². The van der Waals surface area contributed by atoms with Crippen LogP contribution < -0.4 is 0 Å². The Morgan fingerprint density at radius 1 is 0.805 bits per heavy atom. The largest absolute Gasteiger partial charge is 0.488 e. The average Bonchev–Trinajstić information content (AvgIpc) is 3.23. The van der Waals surface area contributed by atoms with Gasteiger partial charge in [0.2, 0.25) is 0 Å². The first kappa shape index (κ1) is 34.0. The van der Waals surface area contributed by atoms with Gasteiger partial charge in [-0.05, 0) is 38.0 Å².